The molecule has 0 fully saturated rings. The van der Waals surface area contributed by atoms with Gasteiger partial charge in [-0.2, -0.15) is 0 Å². The van der Waals surface area contributed by atoms with Gasteiger partial charge in [-0.15, -0.1) is 0 Å². The number of amides is 1. The van der Waals surface area contributed by atoms with Crippen molar-refractivity contribution in [3.8, 4) is 11.5 Å². The molecule has 2 aromatic carbocycles. The first-order valence-electron chi connectivity index (χ1n) is 8.94. The van der Waals surface area contributed by atoms with Crippen molar-refractivity contribution in [1.82, 2.24) is 5.32 Å². The fourth-order valence-corrected chi connectivity index (χ4v) is 3.48. The van der Waals surface area contributed by atoms with Gasteiger partial charge in [0.15, 0.2) is 0 Å². The summed E-state index contributed by atoms with van der Waals surface area (Å²) in [6.07, 6.45) is 0.908. The summed E-state index contributed by atoms with van der Waals surface area (Å²) in [5.41, 5.74) is 0.380. The van der Waals surface area contributed by atoms with Crippen molar-refractivity contribution >= 4 is 27.3 Å². The number of nitro benzene ring substituents is 1. The molecule has 0 bridgehead atoms. The quantitative estimate of drug-likeness (QED) is 0.445. The summed E-state index contributed by atoms with van der Waals surface area (Å²) in [7, 11) is -2.63. The zero-order chi connectivity index (χ0) is 22.3. The maximum Gasteiger partial charge on any atom is 0.271 e. The second kappa shape index (κ2) is 9.92. The van der Waals surface area contributed by atoms with Crippen LogP contribution in [0.1, 0.15) is 12.5 Å². The molecule has 2 aromatic rings. The van der Waals surface area contributed by atoms with Crippen molar-refractivity contribution in [2.24, 2.45) is 0 Å². The smallest absolute Gasteiger partial charge is 0.271 e. The average Bonchev–Trinajstić information content (AvgIpc) is 2.70. The first kappa shape index (κ1) is 22.9. The number of carbonyl (C=O) groups excluding carboxylic acids is 1. The third kappa shape index (κ3) is 6.08. The molecule has 0 aliphatic rings. The molecule has 1 amide bonds. The molecule has 0 saturated heterocycles. The van der Waals surface area contributed by atoms with E-state index < -0.39 is 27.4 Å². The molecule has 0 saturated carbocycles. The van der Waals surface area contributed by atoms with E-state index in [1.165, 1.54) is 19.2 Å². The summed E-state index contributed by atoms with van der Waals surface area (Å²) in [5, 5.41) is 13.7. The van der Waals surface area contributed by atoms with Crippen LogP contribution >= 0.6 is 0 Å². The summed E-state index contributed by atoms with van der Waals surface area (Å²) in [4.78, 5) is 22.8. The molecule has 0 spiro atoms. The number of hydrogen-bond acceptors (Lipinski definition) is 7. The molecule has 30 heavy (non-hydrogen) atoms. The molecule has 0 radical (unpaired) electrons. The number of methoxy groups -OCH3 is 1. The first-order chi connectivity index (χ1) is 14.2. The molecule has 2 rings (SSSR count). The van der Waals surface area contributed by atoms with Crippen LogP contribution < -0.4 is 19.1 Å². The average molecular weight is 437 g/mol. The molecular formula is C19H23N3O7S. The van der Waals surface area contributed by atoms with Crippen molar-refractivity contribution in [2.75, 3.05) is 30.8 Å². The predicted molar refractivity (Wildman–Crippen MR) is 111 cm³/mol. The van der Waals surface area contributed by atoms with Gasteiger partial charge in [-0.05, 0) is 30.7 Å². The van der Waals surface area contributed by atoms with E-state index in [4.69, 9.17) is 9.47 Å². The lowest BCUT2D eigenvalue weighted by atomic mass is 10.2. The van der Waals surface area contributed by atoms with Gasteiger partial charge < -0.3 is 14.8 Å². The Balaban J connectivity index is 2.18. The Labute approximate surface area is 174 Å². The number of carbonyl (C=O) groups is 1. The van der Waals surface area contributed by atoms with Crippen LogP contribution in [-0.2, 0) is 21.4 Å². The highest BCUT2D eigenvalue weighted by atomic mass is 32.2. The summed E-state index contributed by atoms with van der Waals surface area (Å²) >= 11 is 0. The number of rotatable bonds is 10. The van der Waals surface area contributed by atoms with Gasteiger partial charge in [0.1, 0.15) is 23.7 Å². The summed E-state index contributed by atoms with van der Waals surface area (Å²) in [6.45, 7) is 2.03. The van der Waals surface area contributed by atoms with Crippen molar-refractivity contribution in [2.45, 2.75) is 13.5 Å². The highest BCUT2D eigenvalue weighted by Gasteiger charge is 2.26. The molecule has 162 valence electrons. The van der Waals surface area contributed by atoms with Gasteiger partial charge in [0, 0.05) is 18.7 Å². The maximum atomic E-state index is 12.4. The number of sulfonamides is 1. The molecule has 0 unspecified atom stereocenters. The third-order valence-corrected chi connectivity index (χ3v) is 5.18. The normalized spacial score (nSPS) is 10.9. The number of anilines is 1. The van der Waals surface area contributed by atoms with Gasteiger partial charge in [-0.25, -0.2) is 8.42 Å². The van der Waals surface area contributed by atoms with E-state index in [1.807, 2.05) is 6.92 Å². The molecule has 1 N–H and O–H groups in total. The fourth-order valence-electron chi connectivity index (χ4n) is 2.63. The molecule has 11 heteroatoms. The third-order valence-electron chi connectivity index (χ3n) is 4.05. The second-order valence-corrected chi connectivity index (χ2v) is 8.14. The topological polar surface area (TPSA) is 128 Å². The van der Waals surface area contributed by atoms with E-state index in [9.17, 15) is 23.3 Å². The van der Waals surface area contributed by atoms with Gasteiger partial charge in [0.05, 0.1) is 24.9 Å². The van der Waals surface area contributed by atoms with Crippen LogP contribution in [0.3, 0.4) is 0 Å². The summed E-state index contributed by atoms with van der Waals surface area (Å²) in [5.74, 6) is 0.210. The van der Waals surface area contributed by atoms with E-state index >= 15 is 0 Å². The Bertz CT molecular complexity index is 1010. The number of hydrogen-bond donors (Lipinski definition) is 1. The number of nitrogens with zero attached hydrogens (tertiary/aromatic N) is 2. The van der Waals surface area contributed by atoms with E-state index in [0.29, 0.717) is 12.4 Å². The lowest BCUT2D eigenvalue weighted by Gasteiger charge is -2.23. The van der Waals surface area contributed by atoms with Crippen LogP contribution in [0.2, 0.25) is 0 Å². The standard InChI is InChI=1S/C19H23N3O7S/c1-4-29-16-8-5-14(6-9-16)12-20-19(23)13-21(30(3,26)27)17-11-15(22(24)25)7-10-18(17)28-2/h5-11H,4,12-13H2,1-3H3,(H,20,23). The zero-order valence-electron chi connectivity index (χ0n) is 16.8. The van der Waals surface area contributed by atoms with Crippen LogP contribution in [0.4, 0.5) is 11.4 Å². The van der Waals surface area contributed by atoms with Gasteiger partial charge in [0.25, 0.3) is 5.69 Å². The van der Waals surface area contributed by atoms with Crippen molar-refractivity contribution in [3.63, 3.8) is 0 Å². The molecule has 0 aromatic heterocycles. The zero-order valence-corrected chi connectivity index (χ0v) is 17.6. The van der Waals surface area contributed by atoms with E-state index in [-0.39, 0.29) is 23.7 Å². The van der Waals surface area contributed by atoms with E-state index in [1.54, 1.807) is 24.3 Å². The van der Waals surface area contributed by atoms with Crippen molar-refractivity contribution in [1.29, 1.82) is 0 Å². The number of nitrogens with one attached hydrogen (secondary N) is 1. The molecule has 10 nitrogen and oxygen atoms in total. The lowest BCUT2D eigenvalue weighted by molar-refractivity contribution is -0.384. The van der Waals surface area contributed by atoms with Gasteiger partial charge in [-0.3, -0.25) is 19.2 Å². The Morgan fingerprint density at radius 1 is 1.20 bits per heavy atom. The van der Waals surface area contributed by atoms with E-state index in [0.717, 1.165) is 22.2 Å². The Morgan fingerprint density at radius 2 is 1.87 bits per heavy atom. The summed E-state index contributed by atoms with van der Waals surface area (Å²) in [6, 6.07) is 10.6. The maximum absolute atomic E-state index is 12.4. The van der Waals surface area contributed by atoms with Crippen LogP contribution in [0.5, 0.6) is 11.5 Å². The molecular weight excluding hydrogens is 414 g/mol. The van der Waals surface area contributed by atoms with Crippen molar-refractivity contribution in [3.05, 3.63) is 58.1 Å². The number of benzene rings is 2. The van der Waals surface area contributed by atoms with Crippen LogP contribution in [-0.4, -0.2) is 45.8 Å². The molecule has 0 atom stereocenters. The lowest BCUT2D eigenvalue weighted by Crippen LogP contribution is -2.40. The van der Waals surface area contributed by atoms with Gasteiger partial charge in [-0.1, -0.05) is 12.1 Å². The van der Waals surface area contributed by atoms with Gasteiger partial charge >= 0.3 is 0 Å². The van der Waals surface area contributed by atoms with Crippen LogP contribution in [0, 0.1) is 10.1 Å². The van der Waals surface area contributed by atoms with Crippen molar-refractivity contribution < 1.29 is 27.6 Å². The SMILES string of the molecule is CCOc1ccc(CNC(=O)CN(c2cc([N+](=O)[O-])ccc2OC)S(C)(=O)=O)cc1. The number of non-ortho nitro benzene ring substituents is 1. The highest BCUT2D eigenvalue weighted by Crippen LogP contribution is 2.33. The molecule has 0 aliphatic carbocycles. The molecule has 0 heterocycles. The Kier molecular flexibility index (Phi) is 7.59. The monoisotopic (exact) mass is 437 g/mol. The Morgan fingerprint density at radius 3 is 2.40 bits per heavy atom. The fraction of sp³-hybridized carbons (Fsp3) is 0.316. The van der Waals surface area contributed by atoms with Gasteiger partial charge in [0.2, 0.25) is 15.9 Å². The number of nitro groups is 1. The Hall–Kier alpha value is -3.34. The summed E-state index contributed by atoms with van der Waals surface area (Å²) < 4.78 is 35.8. The van der Waals surface area contributed by atoms with Crippen LogP contribution in [0.25, 0.3) is 0 Å². The minimum atomic E-state index is -3.93. The van der Waals surface area contributed by atoms with Crippen LogP contribution in [0.15, 0.2) is 42.5 Å². The predicted octanol–water partition coefficient (Wildman–Crippen LogP) is 2.08. The molecule has 0 aliphatic heterocycles. The minimum absolute atomic E-state index is 0.0883. The highest BCUT2D eigenvalue weighted by molar-refractivity contribution is 7.92. The largest absolute Gasteiger partial charge is 0.495 e. The second-order valence-electron chi connectivity index (χ2n) is 6.24. The van der Waals surface area contributed by atoms with E-state index in [2.05, 4.69) is 5.32 Å². The minimum Gasteiger partial charge on any atom is -0.495 e. The number of ether oxygens (including phenoxy) is 2. The first-order valence-corrected chi connectivity index (χ1v) is 10.8.